The van der Waals surface area contributed by atoms with Crippen LogP contribution in [0.1, 0.15) is 48.9 Å². The molecule has 0 aliphatic carbocycles. The number of hydrogen-bond donors (Lipinski definition) is 1. The average molecular weight is 552 g/mol. The number of nitrogens with one attached hydrogen (secondary N) is 1. The summed E-state index contributed by atoms with van der Waals surface area (Å²) >= 11 is 3.57. The zero-order valence-electron chi connectivity index (χ0n) is 21.5. The van der Waals surface area contributed by atoms with Crippen molar-refractivity contribution in [2.45, 2.75) is 52.6 Å². The third kappa shape index (κ3) is 7.69. The summed E-state index contributed by atoms with van der Waals surface area (Å²) in [7, 11) is 0. The minimum atomic E-state index is -0.671. The van der Waals surface area contributed by atoms with E-state index in [4.69, 9.17) is 4.74 Å². The molecule has 0 saturated carbocycles. The number of likely N-dealkylation sites (N-methyl/N-ethyl adjacent to an activating group) is 1. The molecule has 0 aliphatic rings. The van der Waals surface area contributed by atoms with Gasteiger partial charge in [-0.1, -0.05) is 80.1 Å². The van der Waals surface area contributed by atoms with Crippen molar-refractivity contribution in [1.82, 2.24) is 10.2 Å². The lowest BCUT2D eigenvalue weighted by atomic mass is 10.0. The van der Waals surface area contributed by atoms with Crippen LogP contribution in [0, 0.1) is 6.92 Å². The largest absolute Gasteiger partial charge is 0.483 e. The van der Waals surface area contributed by atoms with Crippen molar-refractivity contribution >= 4 is 27.7 Å². The van der Waals surface area contributed by atoms with E-state index < -0.39 is 6.04 Å². The summed E-state index contributed by atoms with van der Waals surface area (Å²) < 4.78 is 6.75. The normalized spacial score (nSPS) is 11.7. The van der Waals surface area contributed by atoms with Crippen molar-refractivity contribution in [2.24, 2.45) is 0 Å². The molecule has 6 heteroatoms. The van der Waals surface area contributed by atoms with Crippen molar-refractivity contribution < 1.29 is 14.3 Å². The van der Waals surface area contributed by atoms with Gasteiger partial charge in [0.15, 0.2) is 6.61 Å². The monoisotopic (exact) mass is 550 g/mol. The fraction of sp³-hybridized carbons (Fsp3) is 0.333. The van der Waals surface area contributed by atoms with Crippen LogP contribution in [0.15, 0.2) is 77.3 Å². The Kier molecular flexibility index (Phi) is 10.1. The number of hydrogen-bond acceptors (Lipinski definition) is 3. The summed E-state index contributed by atoms with van der Waals surface area (Å²) in [5, 5.41) is 2.92. The SMILES string of the molecule is CCNC(=O)[C@@H](Cc1ccccc1)N(Cc1cccc(C)c1)C(=O)COc1ccc(C(C)C)cc1Br. The minimum absolute atomic E-state index is 0.171. The van der Waals surface area contributed by atoms with Gasteiger partial charge in [0.05, 0.1) is 4.47 Å². The van der Waals surface area contributed by atoms with Gasteiger partial charge in [0.25, 0.3) is 5.91 Å². The van der Waals surface area contributed by atoms with Gasteiger partial charge < -0.3 is 15.0 Å². The highest BCUT2D eigenvalue weighted by Gasteiger charge is 2.30. The van der Waals surface area contributed by atoms with Gasteiger partial charge >= 0.3 is 0 Å². The Morgan fingerprint density at radius 2 is 1.69 bits per heavy atom. The molecule has 0 aromatic heterocycles. The minimum Gasteiger partial charge on any atom is -0.483 e. The maximum atomic E-state index is 13.6. The second kappa shape index (κ2) is 13.3. The van der Waals surface area contributed by atoms with Crippen LogP contribution < -0.4 is 10.1 Å². The van der Waals surface area contributed by atoms with E-state index >= 15 is 0 Å². The fourth-order valence-electron chi connectivity index (χ4n) is 4.07. The van der Waals surface area contributed by atoms with Crippen LogP contribution >= 0.6 is 15.9 Å². The van der Waals surface area contributed by atoms with Gasteiger partial charge in [-0.15, -0.1) is 0 Å². The first-order valence-corrected chi connectivity index (χ1v) is 13.2. The zero-order valence-corrected chi connectivity index (χ0v) is 23.0. The number of benzene rings is 3. The highest BCUT2D eigenvalue weighted by Crippen LogP contribution is 2.29. The Bertz CT molecular complexity index is 1160. The molecule has 0 bridgehead atoms. The molecule has 1 N–H and O–H groups in total. The lowest BCUT2D eigenvalue weighted by molar-refractivity contribution is -0.142. The van der Waals surface area contributed by atoms with E-state index in [0.717, 1.165) is 21.2 Å². The average Bonchev–Trinajstić information content (AvgIpc) is 2.86. The number of halogens is 1. The third-order valence-electron chi connectivity index (χ3n) is 6.03. The van der Waals surface area contributed by atoms with Crippen LogP contribution in [0.3, 0.4) is 0 Å². The molecular weight excluding hydrogens is 516 g/mol. The van der Waals surface area contributed by atoms with Gasteiger partial charge in [-0.2, -0.15) is 0 Å². The Hall–Kier alpha value is -3.12. The molecular formula is C30H35BrN2O3. The quantitative estimate of drug-likeness (QED) is 0.316. The molecule has 0 unspecified atom stereocenters. The Morgan fingerprint density at radius 1 is 0.972 bits per heavy atom. The van der Waals surface area contributed by atoms with Gasteiger partial charge in [0.1, 0.15) is 11.8 Å². The van der Waals surface area contributed by atoms with E-state index in [2.05, 4.69) is 35.1 Å². The van der Waals surface area contributed by atoms with Crippen molar-refractivity contribution in [1.29, 1.82) is 0 Å². The van der Waals surface area contributed by atoms with Crippen molar-refractivity contribution in [3.63, 3.8) is 0 Å². The number of aryl methyl sites for hydroxylation is 1. The first kappa shape index (κ1) is 27.5. The molecule has 5 nitrogen and oxygen atoms in total. The molecule has 0 aliphatic heterocycles. The summed E-state index contributed by atoms with van der Waals surface area (Å²) in [5.74, 6) is 0.562. The first-order chi connectivity index (χ1) is 17.3. The Morgan fingerprint density at radius 3 is 2.33 bits per heavy atom. The van der Waals surface area contributed by atoms with Crippen LogP contribution in [-0.2, 0) is 22.6 Å². The zero-order chi connectivity index (χ0) is 26.1. The molecule has 0 spiro atoms. The highest BCUT2D eigenvalue weighted by atomic mass is 79.9. The molecule has 3 rings (SSSR count). The Labute approximate surface area is 223 Å². The predicted molar refractivity (Wildman–Crippen MR) is 148 cm³/mol. The summed E-state index contributed by atoms with van der Waals surface area (Å²) in [5.41, 5.74) is 4.24. The van der Waals surface area contributed by atoms with Crippen LogP contribution in [0.5, 0.6) is 5.75 Å². The maximum Gasteiger partial charge on any atom is 0.261 e. The lowest BCUT2D eigenvalue weighted by Crippen LogP contribution is -2.51. The smallest absolute Gasteiger partial charge is 0.261 e. The number of ether oxygens (including phenoxy) is 1. The number of carbonyl (C=O) groups excluding carboxylic acids is 2. The van der Waals surface area contributed by atoms with E-state index in [1.807, 2.05) is 86.6 Å². The second-order valence-electron chi connectivity index (χ2n) is 9.24. The first-order valence-electron chi connectivity index (χ1n) is 12.4. The number of rotatable bonds is 11. The van der Waals surface area contributed by atoms with E-state index in [1.165, 1.54) is 5.56 Å². The predicted octanol–water partition coefficient (Wildman–Crippen LogP) is 6.04. The van der Waals surface area contributed by atoms with Gasteiger partial charge in [-0.05, 0) is 64.5 Å². The summed E-state index contributed by atoms with van der Waals surface area (Å²) in [6, 6.07) is 23.0. The van der Waals surface area contributed by atoms with Crippen molar-refractivity contribution in [3.8, 4) is 5.75 Å². The highest BCUT2D eigenvalue weighted by molar-refractivity contribution is 9.10. The molecule has 3 aromatic carbocycles. The van der Waals surface area contributed by atoms with Crippen LogP contribution in [0.25, 0.3) is 0 Å². The topological polar surface area (TPSA) is 58.6 Å². The molecule has 190 valence electrons. The van der Waals surface area contributed by atoms with Crippen LogP contribution in [0.4, 0.5) is 0 Å². The van der Waals surface area contributed by atoms with Gasteiger partial charge in [0.2, 0.25) is 5.91 Å². The van der Waals surface area contributed by atoms with Gasteiger partial charge in [0, 0.05) is 19.5 Å². The maximum absolute atomic E-state index is 13.6. The second-order valence-corrected chi connectivity index (χ2v) is 10.1. The van der Waals surface area contributed by atoms with Crippen molar-refractivity contribution in [2.75, 3.05) is 13.2 Å². The Balaban J connectivity index is 1.88. The van der Waals surface area contributed by atoms with Crippen LogP contribution in [0.2, 0.25) is 0 Å². The van der Waals surface area contributed by atoms with Gasteiger partial charge in [-0.25, -0.2) is 0 Å². The lowest BCUT2D eigenvalue weighted by Gasteiger charge is -2.31. The van der Waals surface area contributed by atoms with Crippen molar-refractivity contribution in [3.05, 3.63) is 99.5 Å². The standard InChI is InChI=1S/C30H35BrN2O3/c1-5-32-30(35)27(17-23-11-7-6-8-12-23)33(19-24-13-9-10-22(4)16-24)29(34)20-36-28-15-14-25(21(2)3)18-26(28)31/h6-16,18,21,27H,5,17,19-20H2,1-4H3,(H,32,35)/t27-/m1/s1. The molecule has 3 aromatic rings. The molecule has 36 heavy (non-hydrogen) atoms. The third-order valence-corrected chi connectivity index (χ3v) is 6.65. The van der Waals surface area contributed by atoms with E-state index in [0.29, 0.717) is 31.2 Å². The van der Waals surface area contributed by atoms with Gasteiger partial charge in [-0.3, -0.25) is 9.59 Å². The molecule has 1 atom stereocenters. The molecule has 0 saturated heterocycles. The number of nitrogens with zero attached hydrogens (tertiary/aromatic N) is 1. The van der Waals surface area contributed by atoms with E-state index in [-0.39, 0.29) is 18.4 Å². The van der Waals surface area contributed by atoms with E-state index in [9.17, 15) is 9.59 Å². The molecule has 0 fully saturated rings. The van der Waals surface area contributed by atoms with E-state index in [1.54, 1.807) is 4.90 Å². The number of amides is 2. The molecule has 0 radical (unpaired) electrons. The fourth-order valence-corrected chi connectivity index (χ4v) is 4.58. The summed E-state index contributed by atoms with van der Waals surface area (Å²) in [6.07, 6.45) is 0.414. The van der Waals surface area contributed by atoms with Crippen LogP contribution in [-0.4, -0.2) is 35.9 Å². The molecule has 2 amide bonds. The molecule has 0 heterocycles. The summed E-state index contributed by atoms with van der Waals surface area (Å²) in [6.45, 7) is 8.78. The summed E-state index contributed by atoms with van der Waals surface area (Å²) in [4.78, 5) is 28.5. The number of carbonyl (C=O) groups is 2.